The highest BCUT2D eigenvalue weighted by Crippen LogP contribution is 2.50. The number of hydrogen-bond donors (Lipinski definition) is 0. The van der Waals surface area contributed by atoms with Crippen molar-refractivity contribution in [3.63, 3.8) is 0 Å². The van der Waals surface area contributed by atoms with Gasteiger partial charge in [0, 0.05) is 11.5 Å². The van der Waals surface area contributed by atoms with Gasteiger partial charge in [-0.25, -0.2) is 12.8 Å². The summed E-state index contributed by atoms with van der Waals surface area (Å²) in [6.07, 6.45) is 4.28. The number of rotatable bonds is 6. The Balaban J connectivity index is 2.26. The van der Waals surface area contributed by atoms with Gasteiger partial charge in [-0.2, -0.15) is 0 Å². The second-order valence-electron chi connectivity index (χ2n) is 7.90. The fraction of sp³-hybridized carbons (Fsp3) is 0.478. The maximum atomic E-state index is 14.2. The Kier molecular flexibility index (Phi) is 6.13. The number of ether oxygens (including phenoxy) is 1. The van der Waals surface area contributed by atoms with Crippen LogP contribution in [0.2, 0.25) is 0 Å². The lowest BCUT2D eigenvalue weighted by atomic mass is 9.71. The molecule has 0 saturated carbocycles. The first-order chi connectivity index (χ1) is 13.4. The van der Waals surface area contributed by atoms with Gasteiger partial charge < -0.3 is 4.74 Å². The molecule has 0 saturated heterocycles. The first kappa shape index (κ1) is 20.8. The molecule has 5 heteroatoms. The molecule has 2 aromatic carbocycles. The lowest BCUT2D eigenvalue weighted by Crippen LogP contribution is -2.29. The first-order valence-electron chi connectivity index (χ1n) is 10.0. The van der Waals surface area contributed by atoms with Crippen molar-refractivity contribution in [2.24, 2.45) is 5.41 Å². The minimum absolute atomic E-state index is 0.112. The molecule has 0 bridgehead atoms. The van der Waals surface area contributed by atoms with E-state index in [4.69, 9.17) is 4.74 Å². The molecule has 0 aliphatic carbocycles. The molecule has 1 heterocycles. The predicted molar refractivity (Wildman–Crippen MR) is 110 cm³/mol. The fourth-order valence-electron chi connectivity index (χ4n) is 4.54. The number of fused-ring (bicyclic) bond motifs is 1. The van der Waals surface area contributed by atoms with E-state index in [2.05, 4.69) is 13.8 Å². The van der Waals surface area contributed by atoms with Crippen LogP contribution in [0.3, 0.4) is 0 Å². The summed E-state index contributed by atoms with van der Waals surface area (Å²) in [6.45, 7) is 4.19. The number of sulfone groups is 1. The van der Waals surface area contributed by atoms with Crippen LogP contribution in [0.25, 0.3) is 0 Å². The zero-order chi connectivity index (χ0) is 20.4. The van der Waals surface area contributed by atoms with E-state index in [0.717, 1.165) is 31.2 Å². The van der Waals surface area contributed by atoms with E-state index in [1.165, 1.54) is 18.2 Å². The molecular weight excluding hydrogens is 375 g/mol. The van der Waals surface area contributed by atoms with Gasteiger partial charge in [-0.15, -0.1) is 0 Å². The van der Waals surface area contributed by atoms with Crippen molar-refractivity contribution in [3.8, 4) is 5.75 Å². The monoisotopic (exact) mass is 404 g/mol. The van der Waals surface area contributed by atoms with E-state index in [9.17, 15) is 12.8 Å². The second-order valence-corrected chi connectivity index (χ2v) is 9.85. The molecule has 0 radical (unpaired) electrons. The van der Waals surface area contributed by atoms with Gasteiger partial charge in [0.2, 0.25) is 0 Å². The van der Waals surface area contributed by atoms with Crippen LogP contribution in [0.15, 0.2) is 47.4 Å². The molecule has 28 heavy (non-hydrogen) atoms. The summed E-state index contributed by atoms with van der Waals surface area (Å²) in [5, 5.41) is 0. The Labute approximate surface area is 167 Å². The first-order valence-corrected chi connectivity index (χ1v) is 11.7. The SMILES string of the molecule is CCCCC1(CC)CC(c2ccccc2OC)c2cc(F)ccc2S(=O)(=O)C1. The van der Waals surface area contributed by atoms with E-state index in [1.807, 2.05) is 24.3 Å². The summed E-state index contributed by atoms with van der Waals surface area (Å²) in [5.41, 5.74) is 1.13. The molecule has 0 amide bonds. The van der Waals surface area contributed by atoms with Gasteiger partial charge in [-0.3, -0.25) is 0 Å². The van der Waals surface area contributed by atoms with E-state index in [1.54, 1.807) is 7.11 Å². The highest BCUT2D eigenvalue weighted by atomic mass is 32.2. The lowest BCUT2D eigenvalue weighted by molar-refractivity contribution is 0.246. The minimum Gasteiger partial charge on any atom is -0.496 e. The highest BCUT2D eigenvalue weighted by Gasteiger charge is 2.42. The number of hydrogen-bond acceptors (Lipinski definition) is 3. The van der Waals surface area contributed by atoms with Gasteiger partial charge in [-0.05, 0) is 54.5 Å². The average Bonchev–Trinajstić information content (AvgIpc) is 2.78. The summed E-state index contributed by atoms with van der Waals surface area (Å²) in [7, 11) is -1.90. The number of para-hydroxylation sites is 1. The number of unbranched alkanes of at least 4 members (excludes halogenated alkanes) is 1. The molecule has 0 fully saturated rings. The molecule has 3 nitrogen and oxygen atoms in total. The average molecular weight is 405 g/mol. The zero-order valence-corrected chi connectivity index (χ0v) is 17.7. The van der Waals surface area contributed by atoms with E-state index < -0.39 is 15.7 Å². The van der Waals surface area contributed by atoms with E-state index >= 15 is 0 Å². The Hall–Kier alpha value is -1.88. The second kappa shape index (κ2) is 8.24. The van der Waals surface area contributed by atoms with Gasteiger partial charge >= 0.3 is 0 Å². The van der Waals surface area contributed by atoms with Crippen molar-refractivity contribution < 1.29 is 17.5 Å². The van der Waals surface area contributed by atoms with Crippen LogP contribution in [0, 0.1) is 11.2 Å². The zero-order valence-electron chi connectivity index (χ0n) is 16.9. The van der Waals surface area contributed by atoms with Gasteiger partial charge in [0.25, 0.3) is 0 Å². The molecule has 0 spiro atoms. The van der Waals surface area contributed by atoms with E-state index in [0.29, 0.717) is 17.7 Å². The Morgan fingerprint density at radius 3 is 2.57 bits per heavy atom. The van der Waals surface area contributed by atoms with Crippen molar-refractivity contribution in [2.45, 2.75) is 56.8 Å². The minimum atomic E-state index is -3.51. The van der Waals surface area contributed by atoms with Crippen LogP contribution in [0.4, 0.5) is 4.39 Å². The smallest absolute Gasteiger partial charge is 0.179 e. The number of halogens is 1. The normalized spacial score (nSPS) is 23.6. The van der Waals surface area contributed by atoms with Gasteiger partial charge in [-0.1, -0.05) is 44.9 Å². The maximum Gasteiger partial charge on any atom is 0.179 e. The molecule has 2 unspecified atom stereocenters. The van der Waals surface area contributed by atoms with Crippen molar-refractivity contribution in [3.05, 3.63) is 59.4 Å². The highest BCUT2D eigenvalue weighted by molar-refractivity contribution is 7.91. The molecule has 0 aromatic heterocycles. The summed E-state index contributed by atoms with van der Waals surface area (Å²) >= 11 is 0. The molecule has 2 atom stereocenters. The third-order valence-corrected chi connectivity index (χ3v) is 8.17. The maximum absolute atomic E-state index is 14.2. The van der Waals surface area contributed by atoms with Crippen LogP contribution >= 0.6 is 0 Å². The molecule has 0 N–H and O–H groups in total. The van der Waals surface area contributed by atoms with Gasteiger partial charge in [0.1, 0.15) is 11.6 Å². The third-order valence-electron chi connectivity index (χ3n) is 6.14. The molecule has 2 aromatic rings. The largest absolute Gasteiger partial charge is 0.496 e. The Morgan fingerprint density at radius 1 is 1.14 bits per heavy atom. The molecule has 1 aliphatic heterocycles. The van der Waals surface area contributed by atoms with Crippen LogP contribution in [-0.2, 0) is 9.84 Å². The Morgan fingerprint density at radius 2 is 1.89 bits per heavy atom. The molecular formula is C23H29FO3S. The lowest BCUT2D eigenvalue weighted by Gasteiger charge is -2.34. The summed E-state index contributed by atoms with van der Waals surface area (Å²) in [6, 6.07) is 11.8. The number of methoxy groups -OCH3 is 1. The van der Waals surface area contributed by atoms with Crippen molar-refractivity contribution >= 4 is 9.84 Å². The summed E-state index contributed by atoms with van der Waals surface area (Å²) < 4.78 is 46.4. The van der Waals surface area contributed by atoms with Crippen molar-refractivity contribution in [1.82, 2.24) is 0 Å². The van der Waals surface area contributed by atoms with Crippen molar-refractivity contribution in [1.29, 1.82) is 0 Å². The number of benzene rings is 2. The van der Waals surface area contributed by atoms with Crippen molar-refractivity contribution in [2.75, 3.05) is 12.9 Å². The fourth-order valence-corrected chi connectivity index (χ4v) is 6.80. The topological polar surface area (TPSA) is 43.4 Å². The molecule has 152 valence electrons. The van der Waals surface area contributed by atoms with Crippen LogP contribution in [-0.4, -0.2) is 21.3 Å². The van der Waals surface area contributed by atoms with Crippen LogP contribution in [0.1, 0.15) is 63.0 Å². The summed E-state index contributed by atoms with van der Waals surface area (Å²) in [5.74, 6) is 0.186. The standard InChI is InChI=1S/C23H29FO3S/c1-4-6-13-23(5-2)15-20(18-9-7-8-10-21(18)27-3)19-14-17(24)11-12-22(19)28(25,26)16-23/h7-12,14,20H,4-6,13,15-16H2,1-3H3. The predicted octanol–water partition coefficient (Wildman–Crippen LogP) is 5.73. The van der Waals surface area contributed by atoms with E-state index in [-0.39, 0.29) is 22.0 Å². The third kappa shape index (κ3) is 3.95. The van der Waals surface area contributed by atoms with Crippen LogP contribution < -0.4 is 4.74 Å². The molecule has 1 aliphatic rings. The quantitative estimate of drug-likeness (QED) is 0.578. The van der Waals surface area contributed by atoms with Gasteiger partial charge in [0.05, 0.1) is 17.8 Å². The molecule has 3 rings (SSSR count). The van der Waals surface area contributed by atoms with Gasteiger partial charge in [0.15, 0.2) is 9.84 Å². The summed E-state index contributed by atoms with van der Waals surface area (Å²) in [4.78, 5) is 0.261. The Bertz CT molecular complexity index is 939. The van der Waals surface area contributed by atoms with Crippen LogP contribution in [0.5, 0.6) is 5.75 Å².